The molecular weight excluding hydrogens is 697 g/mol. The number of hydrogen-bond acceptors (Lipinski definition) is 5. The van der Waals surface area contributed by atoms with E-state index in [1.807, 2.05) is 43.3 Å². The monoisotopic (exact) mass is 732 g/mol. The first-order valence-electron chi connectivity index (χ1n) is 19.1. The van der Waals surface area contributed by atoms with Crippen molar-refractivity contribution in [3.05, 3.63) is 193 Å². The van der Waals surface area contributed by atoms with E-state index in [0.29, 0.717) is 17.5 Å². The van der Waals surface area contributed by atoms with Crippen LogP contribution in [0.25, 0.3) is 101 Å². The Morgan fingerprint density at radius 1 is 0.333 bits per heavy atom. The van der Waals surface area contributed by atoms with E-state index in [2.05, 4.69) is 153 Å². The summed E-state index contributed by atoms with van der Waals surface area (Å²) in [6, 6.07) is 63.1. The molecular formula is C52H36N4O. The predicted octanol–water partition coefficient (Wildman–Crippen LogP) is 13.5. The molecule has 0 aliphatic carbocycles. The van der Waals surface area contributed by atoms with E-state index in [1.54, 1.807) is 0 Å². The maximum absolute atomic E-state index is 6.35. The normalized spacial score (nSPS) is 11.3. The van der Waals surface area contributed by atoms with Crippen LogP contribution in [-0.4, -0.2) is 19.9 Å². The van der Waals surface area contributed by atoms with Crippen LogP contribution in [0.5, 0.6) is 0 Å². The Kier molecular flexibility index (Phi) is 8.53. The number of aromatic nitrogens is 4. The maximum Gasteiger partial charge on any atom is 0.165 e. The average Bonchev–Trinajstić information content (AvgIpc) is 3.65. The summed E-state index contributed by atoms with van der Waals surface area (Å²) in [4.78, 5) is 20.6. The average molecular weight is 733 g/mol. The summed E-state index contributed by atoms with van der Waals surface area (Å²) in [5.74, 6) is 1.72. The number of pyridine rings is 1. The maximum atomic E-state index is 6.35. The van der Waals surface area contributed by atoms with Gasteiger partial charge in [0, 0.05) is 44.4 Å². The molecule has 0 unspecified atom stereocenters. The van der Waals surface area contributed by atoms with Crippen molar-refractivity contribution in [3.63, 3.8) is 0 Å². The van der Waals surface area contributed by atoms with Crippen LogP contribution >= 0.6 is 0 Å². The minimum absolute atomic E-state index is 0.560. The Morgan fingerprint density at radius 3 is 1.49 bits per heavy atom. The fourth-order valence-electron chi connectivity index (χ4n) is 7.77. The van der Waals surface area contributed by atoms with Crippen molar-refractivity contribution in [1.29, 1.82) is 0 Å². The zero-order chi connectivity index (χ0) is 38.3. The molecule has 0 amide bonds. The highest BCUT2D eigenvalue weighted by Crippen LogP contribution is 2.43. The molecule has 5 heteroatoms. The molecule has 0 N–H and O–H groups in total. The van der Waals surface area contributed by atoms with E-state index in [-0.39, 0.29) is 0 Å². The number of benzene rings is 7. The van der Waals surface area contributed by atoms with Gasteiger partial charge in [-0.3, -0.25) is 4.98 Å². The predicted molar refractivity (Wildman–Crippen MR) is 232 cm³/mol. The molecule has 0 saturated carbocycles. The van der Waals surface area contributed by atoms with E-state index in [4.69, 9.17) is 24.4 Å². The van der Waals surface area contributed by atoms with Crippen LogP contribution in [0, 0.1) is 13.8 Å². The molecule has 0 saturated heterocycles. The number of furan rings is 1. The van der Waals surface area contributed by atoms with Gasteiger partial charge in [-0.25, -0.2) is 15.0 Å². The molecule has 0 bridgehead atoms. The second kappa shape index (κ2) is 14.3. The molecule has 3 aromatic heterocycles. The summed E-state index contributed by atoms with van der Waals surface area (Å²) >= 11 is 0. The molecule has 3 heterocycles. The summed E-state index contributed by atoms with van der Waals surface area (Å²) < 4.78 is 6.35. The number of nitrogens with zero attached hydrogens (tertiary/aromatic N) is 4. The molecule has 270 valence electrons. The third-order valence-corrected chi connectivity index (χ3v) is 10.6. The van der Waals surface area contributed by atoms with Crippen molar-refractivity contribution in [3.8, 4) is 78.7 Å². The highest BCUT2D eigenvalue weighted by Gasteiger charge is 2.22. The summed E-state index contributed by atoms with van der Waals surface area (Å²) in [5, 5.41) is 2.13. The Morgan fingerprint density at radius 2 is 0.842 bits per heavy atom. The van der Waals surface area contributed by atoms with Crippen molar-refractivity contribution in [2.45, 2.75) is 13.8 Å². The summed E-state index contributed by atoms with van der Waals surface area (Å²) in [6.07, 6.45) is 0. The fraction of sp³-hybridized carbons (Fsp3) is 0.0385. The molecule has 0 fully saturated rings. The lowest BCUT2D eigenvalue weighted by Crippen LogP contribution is -2.03. The fourth-order valence-corrected chi connectivity index (χ4v) is 7.77. The van der Waals surface area contributed by atoms with Gasteiger partial charge in [0.05, 0.1) is 0 Å². The smallest absolute Gasteiger partial charge is 0.165 e. The largest absolute Gasteiger partial charge is 0.456 e. The Hall–Kier alpha value is -7.50. The summed E-state index contributed by atoms with van der Waals surface area (Å²) in [6.45, 7) is 4.07. The van der Waals surface area contributed by atoms with E-state index < -0.39 is 0 Å². The lowest BCUT2D eigenvalue weighted by atomic mass is 9.87. The number of fused-ring (bicyclic) bond motifs is 3. The van der Waals surface area contributed by atoms with Gasteiger partial charge in [0.25, 0.3) is 0 Å². The molecule has 0 aliphatic heterocycles. The SMILES string of the molecule is Cc1ccc(-c2ccc(-c3nc(-c4ccc5c(c4)oc4ccccc45)nc(-c4c(-c5ccccc5)cc(-c5ccccc5)cc4-c4ccccc4)n3)cc2)c(C)n1. The molecule has 10 rings (SSSR count). The van der Waals surface area contributed by atoms with Crippen molar-refractivity contribution < 1.29 is 4.42 Å². The number of para-hydroxylation sites is 1. The van der Waals surface area contributed by atoms with Crippen LogP contribution in [0.1, 0.15) is 11.4 Å². The number of hydrogen-bond donors (Lipinski definition) is 0. The van der Waals surface area contributed by atoms with Gasteiger partial charge in [-0.1, -0.05) is 146 Å². The van der Waals surface area contributed by atoms with Crippen LogP contribution in [0.15, 0.2) is 186 Å². The second-order valence-electron chi connectivity index (χ2n) is 14.3. The van der Waals surface area contributed by atoms with Gasteiger partial charge in [-0.15, -0.1) is 0 Å². The lowest BCUT2D eigenvalue weighted by Gasteiger charge is -2.19. The first-order chi connectivity index (χ1) is 28.1. The van der Waals surface area contributed by atoms with Gasteiger partial charge in [-0.05, 0) is 89.2 Å². The molecule has 7 aromatic carbocycles. The van der Waals surface area contributed by atoms with Gasteiger partial charge in [0.1, 0.15) is 11.2 Å². The quantitative estimate of drug-likeness (QED) is 0.163. The zero-order valence-electron chi connectivity index (χ0n) is 31.5. The van der Waals surface area contributed by atoms with Crippen LogP contribution in [0.4, 0.5) is 0 Å². The molecule has 57 heavy (non-hydrogen) atoms. The first kappa shape index (κ1) is 34.0. The van der Waals surface area contributed by atoms with E-state index >= 15 is 0 Å². The third kappa shape index (κ3) is 6.45. The highest BCUT2D eigenvalue weighted by molar-refractivity contribution is 6.06. The number of rotatable bonds is 7. The molecule has 0 aliphatic rings. The number of aryl methyl sites for hydroxylation is 2. The van der Waals surface area contributed by atoms with Crippen LogP contribution in [0.3, 0.4) is 0 Å². The van der Waals surface area contributed by atoms with Gasteiger partial charge in [-0.2, -0.15) is 0 Å². The van der Waals surface area contributed by atoms with Gasteiger partial charge >= 0.3 is 0 Å². The van der Waals surface area contributed by atoms with E-state index in [1.165, 1.54) is 0 Å². The van der Waals surface area contributed by atoms with Gasteiger partial charge < -0.3 is 4.42 Å². The Bertz CT molecular complexity index is 3000. The van der Waals surface area contributed by atoms with E-state index in [9.17, 15) is 0 Å². The minimum Gasteiger partial charge on any atom is -0.456 e. The standard InChI is InChI=1S/C52H36N4O/c1-33-22-28-42(34(2)53-33)38-23-25-39(26-24-38)50-54-51(40-27-29-44-43-20-12-13-21-47(43)57-48(44)32-40)56-52(55-50)49-45(36-16-8-4-9-17-36)30-41(35-14-6-3-7-15-35)31-46(49)37-18-10-5-11-19-37/h3-32H,1-2H3. The molecule has 0 atom stereocenters. The molecule has 5 nitrogen and oxygen atoms in total. The summed E-state index contributed by atoms with van der Waals surface area (Å²) in [7, 11) is 0. The van der Waals surface area contributed by atoms with E-state index in [0.717, 1.165) is 94.5 Å². The Balaban J connectivity index is 1.23. The van der Waals surface area contributed by atoms with Crippen LogP contribution in [-0.2, 0) is 0 Å². The van der Waals surface area contributed by atoms with Crippen LogP contribution in [0.2, 0.25) is 0 Å². The van der Waals surface area contributed by atoms with Crippen LogP contribution < -0.4 is 0 Å². The first-order valence-corrected chi connectivity index (χ1v) is 19.1. The van der Waals surface area contributed by atoms with Crippen molar-refractivity contribution in [2.24, 2.45) is 0 Å². The second-order valence-corrected chi connectivity index (χ2v) is 14.3. The third-order valence-electron chi connectivity index (χ3n) is 10.6. The highest BCUT2D eigenvalue weighted by atomic mass is 16.3. The van der Waals surface area contributed by atoms with Gasteiger partial charge in [0.2, 0.25) is 0 Å². The Labute approximate surface area is 331 Å². The van der Waals surface area contributed by atoms with Crippen molar-refractivity contribution in [2.75, 3.05) is 0 Å². The topological polar surface area (TPSA) is 64.7 Å². The zero-order valence-corrected chi connectivity index (χ0v) is 31.5. The van der Waals surface area contributed by atoms with Crippen molar-refractivity contribution in [1.82, 2.24) is 19.9 Å². The van der Waals surface area contributed by atoms with Crippen molar-refractivity contribution >= 4 is 21.9 Å². The lowest BCUT2D eigenvalue weighted by molar-refractivity contribution is 0.669. The molecule has 0 radical (unpaired) electrons. The summed E-state index contributed by atoms with van der Waals surface area (Å²) in [5.41, 5.74) is 14.9. The minimum atomic E-state index is 0.560. The molecule has 10 aromatic rings. The van der Waals surface area contributed by atoms with Gasteiger partial charge in [0.15, 0.2) is 17.5 Å². The molecule has 0 spiro atoms.